The number of carbonyl (C=O) groups excluding carboxylic acids is 1. The molecule has 2 aromatic rings. The van der Waals surface area contributed by atoms with Crippen LogP contribution in [0, 0.1) is 0 Å². The van der Waals surface area contributed by atoms with Gasteiger partial charge in [-0.25, -0.2) is 0 Å². The van der Waals surface area contributed by atoms with E-state index in [0.717, 1.165) is 25.2 Å². The Morgan fingerprint density at radius 1 is 1.26 bits per heavy atom. The van der Waals surface area contributed by atoms with Gasteiger partial charge in [-0.1, -0.05) is 17.7 Å². The Kier molecular flexibility index (Phi) is 5.16. The van der Waals surface area contributed by atoms with Gasteiger partial charge in [-0.2, -0.15) is 0 Å². The lowest BCUT2D eigenvalue weighted by atomic mass is 10.2. The Labute approximate surface area is 140 Å². The van der Waals surface area contributed by atoms with Crippen LogP contribution >= 0.6 is 11.6 Å². The molecule has 0 bridgehead atoms. The van der Waals surface area contributed by atoms with Crippen LogP contribution in [0.1, 0.15) is 23.2 Å². The van der Waals surface area contributed by atoms with Crippen molar-refractivity contribution in [2.24, 2.45) is 0 Å². The standard InChI is InChI=1S/C18H18ClNO3/c19-14-4-1-3-13(11-14)18(21)20-15-6-8-16(9-7-15)23-12-17-5-2-10-22-17/h1,3-4,6-9,11,17H,2,5,10,12H2,(H,20,21)/t17-/m0/s1. The Morgan fingerprint density at radius 2 is 2.09 bits per heavy atom. The third kappa shape index (κ3) is 4.47. The summed E-state index contributed by atoms with van der Waals surface area (Å²) in [6.07, 6.45) is 2.34. The number of hydrogen-bond donors (Lipinski definition) is 1. The lowest BCUT2D eigenvalue weighted by Crippen LogP contribution is -2.16. The van der Waals surface area contributed by atoms with E-state index in [4.69, 9.17) is 21.1 Å². The molecule has 1 aliphatic heterocycles. The molecule has 2 aromatic carbocycles. The molecule has 5 heteroatoms. The molecule has 120 valence electrons. The highest BCUT2D eigenvalue weighted by atomic mass is 35.5. The first-order valence-corrected chi connectivity index (χ1v) is 8.00. The topological polar surface area (TPSA) is 47.6 Å². The maximum Gasteiger partial charge on any atom is 0.255 e. The molecule has 0 saturated carbocycles. The minimum Gasteiger partial charge on any atom is -0.491 e. The quantitative estimate of drug-likeness (QED) is 0.895. The maximum absolute atomic E-state index is 12.1. The molecule has 0 aliphatic carbocycles. The second-order valence-electron chi connectivity index (χ2n) is 5.43. The second kappa shape index (κ2) is 7.49. The molecule has 1 saturated heterocycles. The van der Waals surface area contributed by atoms with Crippen LogP contribution in [0.2, 0.25) is 5.02 Å². The molecule has 1 fully saturated rings. The van der Waals surface area contributed by atoms with Gasteiger partial charge in [-0.05, 0) is 55.3 Å². The summed E-state index contributed by atoms with van der Waals surface area (Å²) in [6.45, 7) is 1.39. The summed E-state index contributed by atoms with van der Waals surface area (Å²) in [5.41, 5.74) is 1.23. The van der Waals surface area contributed by atoms with Crippen molar-refractivity contribution in [3.8, 4) is 5.75 Å². The molecule has 1 atom stereocenters. The number of amides is 1. The molecule has 1 heterocycles. The van der Waals surface area contributed by atoms with Gasteiger partial charge >= 0.3 is 0 Å². The van der Waals surface area contributed by atoms with E-state index in [9.17, 15) is 4.79 Å². The van der Waals surface area contributed by atoms with Crippen LogP contribution in [0.15, 0.2) is 48.5 Å². The SMILES string of the molecule is O=C(Nc1ccc(OC[C@@H]2CCCO2)cc1)c1cccc(Cl)c1. The zero-order valence-electron chi connectivity index (χ0n) is 12.6. The van der Waals surface area contributed by atoms with Gasteiger partial charge in [0.05, 0.1) is 6.10 Å². The summed E-state index contributed by atoms with van der Waals surface area (Å²) in [5, 5.41) is 3.37. The number of ether oxygens (including phenoxy) is 2. The molecule has 23 heavy (non-hydrogen) atoms. The summed E-state index contributed by atoms with van der Waals surface area (Å²) >= 11 is 5.89. The molecular weight excluding hydrogens is 314 g/mol. The van der Waals surface area contributed by atoms with Crippen LogP contribution in [0.3, 0.4) is 0 Å². The van der Waals surface area contributed by atoms with E-state index in [2.05, 4.69) is 5.32 Å². The summed E-state index contributed by atoms with van der Waals surface area (Å²) < 4.78 is 11.2. The van der Waals surface area contributed by atoms with Crippen LogP contribution in [0.5, 0.6) is 5.75 Å². The number of carbonyl (C=O) groups is 1. The fourth-order valence-corrected chi connectivity index (χ4v) is 2.62. The fourth-order valence-electron chi connectivity index (χ4n) is 2.43. The van der Waals surface area contributed by atoms with Crippen molar-refractivity contribution in [2.75, 3.05) is 18.5 Å². The highest BCUT2D eigenvalue weighted by Gasteiger charge is 2.15. The molecule has 3 rings (SSSR count). The number of benzene rings is 2. The lowest BCUT2D eigenvalue weighted by Gasteiger charge is -2.12. The number of hydrogen-bond acceptors (Lipinski definition) is 3. The van der Waals surface area contributed by atoms with Crippen molar-refractivity contribution < 1.29 is 14.3 Å². The monoisotopic (exact) mass is 331 g/mol. The zero-order chi connectivity index (χ0) is 16.1. The molecule has 0 radical (unpaired) electrons. The van der Waals surface area contributed by atoms with Gasteiger partial charge in [0.25, 0.3) is 5.91 Å². The van der Waals surface area contributed by atoms with Crippen molar-refractivity contribution >= 4 is 23.2 Å². The predicted octanol–water partition coefficient (Wildman–Crippen LogP) is 4.15. The number of anilines is 1. The van der Waals surface area contributed by atoms with Crippen LogP contribution in [-0.2, 0) is 4.74 Å². The van der Waals surface area contributed by atoms with Crippen molar-refractivity contribution in [1.82, 2.24) is 0 Å². The van der Waals surface area contributed by atoms with Crippen LogP contribution in [0.4, 0.5) is 5.69 Å². The normalized spacial score (nSPS) is 17.0. The molecular formula is C18H18ClNO3. The van der Waals surface area contributed by atoms with Gasteiger partial charge < -0.3 is 14.8 Å². The third-order valence-electron chi connectivity index (χ3n) is 3.66. The predicted molar refractivity (Wildman–Crippen MR) is 90.3 cm³/mol. The first-order chi connectivity index (χ1) is 11.2. The van der Waals surface area contributed by atoms with Crippen molar-refractivity contribution in [3.63, 3.8) is 0 Å². The Hall–Kier alpha value is -2.04. The average Bonchev–Trinajstić information content (AvgIpc) is 3.08. The van der Waals surface area contributed by atoms with Crippen molar-refractivity contribution in [3.05, 3.63) is 59.1 Å². The Morgan fingerprint density at radius 3 is 2.78 bits per heavy atom. The van der Waals surface area contributed by atoms with Gasteiger partial charge in [-0.3, -0.25) is 4.79 Å². The van der Waals surface area contributed by atoms with Crippen molar-refractivity contribution in [2.45, 2.75) is 18.9 Å². The van der Waals surface area contributed by atoms with E-state index >= 15 is 0 Å². The van der Waals surface area contributed by atoms with E-state index in [1.165, 1.54) is 0 Å². The van der Waals surface area contributed by atoms with Crippen LogP contribution < -0.4 is 10.1 Å². The summed E-state index contributed by atoms with van der Waals surface area (Å²) in [7, 11) is 0. The van der Waals surface area contributed by atoms with Crippen LogP contribution in [-0.4, -0.2) is 25.2 Å². The van der Waals surface area contributed by atoms with E-state index in [0.29, 0.717) is 22.9 Å². The summed E-state index contributed by atoms with van der Waals surface area (Å²) in [4.78, 5) is 12.1. The number of rotatable bonds is 5. The van der Waals surface area contributed by atoms with Gasteiger partial charge in [0.15, 0.2) is 0 Å². The Balaban J connectivity index is 1.55. The highest BCUT2D eigenvalue weighted by molar-refractivity contribution is 6.31. The number of halogens is 1. The Bertz CT molecular complexity index is 666. The van der Waals surface area contributed by atoms with Gasteiger partial charge in [0.1, 0.15) is 12.4 Å². The van der Waals surface area contributed by atoms with Gasteiger partial charge in [-0.15, -0.1) is 0 Å². The van der Waals surface area contributed by atoms with E-state index in [-0.39, 0.29) is 12.0 Å². The minimum atomic E-state index is -0.194. The smallest absolute Gasteiger partial charge is 0.255 e. The molecule has 4 nitrogen and oxygen atoms in total. The fraction of sp³-hybridized carbons (Fsp3) is 0.278. The molecule has 0 spiro atoms. The van der Waals surface area contributed by atoms with E-state index in [1.807, 2.05) is 24.3 Å². The molecule has 1 aliphatic rings. The summed E-state index contributed by atoms with van der Waals surface area (Å²) in [6, 6.07) is 14.1. The molecule has 1 N–H and O–H groups in total. The maximum atomic E-state index is 12.1. The van der Waals surface area contributed by atoms with Gasteiger partial charge in [0, 0.05) is 22.9 Å². The second-order valence-corrected chi connectivity index (χ2v) is 5.87. The molecule has 0 aromatic heterocycles. The summed E-state index contributed by atoms with van der Waals surface area (Å²) in [5.74, 6) is 0.571. The van der Waals surface area contributed by atoms with Crippen LogP contribution in [0.25, 0.3) is 0 Å². The molecule has 0 unspecified atom stereocenters. The highest BCUT2D eigenvalue weighted by Crippen LogP contribution is 2.19. The largest absolute Gasteiger partial charge is 0.491 e. The third-order valence-corrected chi connectivity index (χ3v) is 3.89. The molecule has 1 amide bonds. The van der Waals surface area contributed by atoms with Gasteiger partial charge in [0.2, 0.25) is 0 Å². The zero-order valence-corrected chi connectivity index (χ0v) is 13.4. The van der Waals surface area contributed by atoms with Crippen molar-refractivity contribution in [1.29, 1.82) is 0 Å². The first kappa shape index (κ1) is 15.8. The average molecular weight is 332 g/mol. The van der Waals surface area contributed by atoms with E-state index in [1.54, 1.807) is 24.3 Å². The lowest BCUT2D eigenvalue weighted by molar-refractivity contribution is 0.0679. The van der Waals surface area contributed by atoms with E-state index < -0.39 is 0 Å². The first-order valence-electron chi connectivity index (χ1n) is 7.62. The minimum absolute atomic E-state index is 0.192. The number of nitrogens with one attached hydrogen (secondary N) is 1.